The Hall–Kier alpha value is -3.59. The Morgan fingerprint density at radius 1 is 1.18 bits per heavy atom. The number of carbonyl (C=O) groups is 3. The normalized spacial score (nSPS) is 15.9. The summed E-state index contributed by atoms with van der Waals surface area (Å²) in [7, 11) is 1.69. The van der Waals surface area contributed by atoms with Gasteiger partial charge in [0.1, 0.15) is 18.1 Å². The number of hydrogen-bond acceptors (Lipinski definition) is 6. The van der Waals surface area contributed by atoms with Crippen LogP contribution in [0.2, 0.25) is 0 Å². The molecule has 1 unspecified atom stereocenters. The minimum absolute atomic E-state index is 0.0205. The van der Waals surface area contributed by atoms with Crippen LogP contribution in [0.15, 0.2) is 36.4 Å². The van der Waals surface area contributed by atoms with Gasteiger partial charge >= 0.3 is 12.0 Å². The van der Waals surface area contributed by atoms with E-state index >= 15 is 0 Å². The van der Waals surface area contributed by atoms with Gasteiger partial charge in [0, 0.05) is 39.0 Å². The number of hydrogen-bond donors (Lipinski definition) is 1. The van der Waals surface area contributed by atoms with Crippen LogP contribution < -0.4 is 9.47 Å². The average Bonchev–Trinajstić information content (AvgIpc) is 3.38. The maximum atomic E-state index is 12.3. The third-order valence-electron chi connectivity index (χ3n) is 7.42. The molecule has 0 saturated carbocycles. The van der Waals surface area contributed by atoms with Crippen LogP contribution in [0, 0.1) is 6.92 Å². The van der Waals surface area contributed by atoms with Crippen LogP contribution in [0.4, 0.5) is 4.79 Å². The zero-order valence-corrected chi connectivity index (χ0v) is 23.1. The molecule has 2 aliphatic rings. The number of carboxylic acid groups (broad SMARTS) is 1. The molecular weight excluding hydrogens is 498 g/mol. The first-order valence-electron chi connectivity index (χ1n) is 13.8. The Morgan fingerprint density at radius 3 is 2.74 bits per heavy atom. The van der Waals surface area contributed by atoms with Gasteiger partial charge in [-0.2, -0.15) is 0 Å². The monoisotopic (exact) mass is 537 g/mol. The largest absolute Gasteiger partial charge is 0.493 e. The van der Waals surface area contributed by atoms with Gasteiger partial charge in [-0.3, -0.25) is 19.4 Å². The minimum Gasteiger partial charge on any atom is -0.493 e. The van der Waals surface area contributed by atoms with Gasteiger partial charge in [-0.05, 0) is 54.3 Å². The van der Waals surface area contributed by atoms with Crippen LogP contribution in [0.1, 0.15) is 60.9 Å². The third kappa shape index (κ3) is 7.09. The SMILES string of the molecule is CCCCN(Cc1ccc(OCCN2C(=O)CCN(C)C2=O)c(C)c1)C(CC(=O)O)c1ccc2c(c1)CCO2. The predicted octanol–water partition coefficient (Wildman–Crippen LogP) is 4.41. The number of nitrogens with zero attached hydrogens (tertiary/aromatic N) is 3. The molecule has 0 aromatic heterocycles. The Morgan fingerprint density at radius 2 is 2.00 bits per heavy atom. The van der Waals surface area contributed by atoms with Gasteiger partial charge in [-0.25, -0.2) is 4.79 Å². The van der Waals surface area contributed by atoms with Crippen LogP contribution in [0.5, 0.6) is 11.5 Å². The molecule has 9 nitrogen and oxygen atoms in total. The molecular formula is C30H39N3O6. The summed E-state index contributed by atoms with van der Waals surface area (Å²) in [5, 5.41) is 9.77. The molecule has 2 aliphatic heterocycles. The first-order valence-corrected chi connectivity index (χ1v) is 13.8. The number of urea groups is 1. The molecule has 3 amide bonds. The van der Waals surface area contributed by atoms with E-state index in [9.17, 15) is 19.5 Å². The number of rotatable bonds is 13. The number of ether oxygens (including phenoxy) is 2. The van der Waals surface area contributed by atoms with Crippen LogP contribution in [0.3, 0.4) is 0 Å². The summed E-state index contributed by atoms with van der Waals surface area (Å²) in [6.07, 6.45) is 3.17. The van der Waals surface area contributed by atoms with Gasteiger partial charge in [-0.1, -0.05) is 37.6 Å². The zero-order valence-electron chi connectivity index (χ0n) is 23.1. The summed E-state index contributed by atoms with van der Waals surface area (Å²) in [4.78, 5) is 41.4. The van der Waals surface area contributed by atoms with E-state index < -0.39 is 5.97 Å². The predicted molar refractivity (Wildman–Crippen MR) is 147 cm³/mol. The number of aliphatic carboxylic acids is 1. The highest BCUT2D eigenvalue weighted by molar-refractivity contribution is 5.96. The van der Waals surface area contributed by atoms with E-state index in [0.29, 0.717) is 31.9 Å². The van der Waals surface area contributed by atoms with Crippen molar-refractivity contribution in [1.82, 2.24) is 14.7 Å². The number of imide groups is 1. The van der Waals surface area contributed by atoms with Crippen molar-refractivity contribution in [2.24, 2.45) is 0 Å². The van der Waals surface area contributed by atoms with Crippen LogP contribution in [0.25, 0.3) is 0 Å². The first kappa shape index (κ1) is 28.4. The number of unbranched alkanes of at least 4 members (excludes halogenated alkanes) is 1. The molecule has 1 fully saturated rings. The van der Waals surface area contributed by atoms with Gasteiger partial charge in [0.2, 0.25) is 5.91 Å². The van der Waals surface area contributed by atoms with Crippen LogP contribution in [-0.2, 0) is 22.6 Å². The van der Waals surface area contributed by atoms with E-state index in [0.717, 1.165) is 53.8 Å². The molecule has 0 aliphatic carbocycles. The highest BCUT2D eigenvalue weighted by Crippen LogP contribution is 2.33. The Kier molecular flexibility index (Phi) is 9.45. The number of benzene rings is 2. The molecule has 0 spiro atoms. The lowest BCUT2D eigenvalue weighted by atomic mass is 9.97. The summed E-state index contributed by atoms with van der Waals surface area (Å²) in [6.45, 7) is 7.03. The molecule has 0 bridgehead atoms. The van der Waals surface area contributed by atoms with E-state index in [1.165, 1.54) is 4.90 Å². The lowest BCUT2D eigenvalue weighted by Crippen LogP contribution is -2.51. The topological polar surface area (TPSA) is 99.6 Å². The Bertz CT molecular complexity index is 1200. The summed E-state index contributed by atoms with van der Waals surface area (Å²) in [5.74, 6) is 0.591. The van der Waals surface area contributed by atoms with Crippen molar-refractivity contribution in [3.05, 3.63) is 58.7 Å². The molecule has 0 radical (unpaired) electrons. The molecule has 210 valence electrons. The Labute approximate surface area is 230 Å². The molecule has 2 aromatic carbocycles. The van der Waals surface area contributed by atoms with Crippen molar-refractivity contribution in [2.75, 3.05) is 39.9 Å². The van der Waals surface area contributed by atoms with Gasteiger partial charge in [0.15, 0.2) is 0 Å². The number of carboxylic acids is 1. The number of aryl methyl sites for hydroxylation is 1. The third-order valence-corrected chi connectivity index (χ3v) is 7.42. The zero-order chi connectivity index (χ0) is 27.9. The molecule has 1 saturated heterocycles. The molecule has 1 atom stereocenters. The summed E-state index contributed by atoms with van der Waals surface area (Å²) < 4.78 is 11.6. The highest BCUT2D eigenvalue weighted by Gasteiger charge is 2.29. The van der Waals surface area contributed by atoms with E-state index in [1.807, 2.05) is 31.2 Å². The Balaban J connectivity index is 1.46. The summed E-state index contributed by atoms with van der Waals surface area (Å²) in [6, 6.07) is 11.5. The second-order valence-corrected chi connectivity index (χ2v) is 10.4. The number of carbonyl (C=O) groups excluding carboxylic acids is 2. The summed E-state index contributed by atoms with van der Waals surface area (Å²) >= 11 is 0. The fourth-order valence-electron chi connectivity index (χ4n) is 5.22. The maximum Gasteiger partial charge on any atom is 0.326 e. The van der Waals surface area contributed by atoms with Crippen molar-refractivity contribution in [2.45, 2.75) is 58.5 Å². The first-order chi connectivity index (χ1) is 18.8. The van der Waals surface area contributed by atoms with Crippen molar-refractivity contribution in [1.29, 1.82) is 0 Å². The van der Waals surface area contributed by atoms with Gasteiger partial charge in [0.25, 0.3) is 0 Å². The van der Waals surface area contributed by atoms with Gasteiger partial charge in [-0.15, -0.1) is 0 Å². The summed E-state index contributed by atoms with van der Waals surface area (Å²) in [5.41, 5.74) is 4.15. The second kappa shape index (κ2) is 13.0. The van der Waals surface area contributed by atoms with E-state index in [4.69, 9.17) is 9.47 Å². The van der Waals surface area contributed by atoms with E-state index in [2.05, 4.69) is 24.0 Å². The molecule has 2 aromatic rings. The van der Waals surface area contributed by atoms with Gasteiger partial charge in [0.05, 0.1) is 19.6 Å². The van der Waals surface area contributed by atoms with E-state index in [1.54, 1.807) is 11.9 Å². The highest BCUT2D eigenvalue weighted by atomic mass is 16.5. The minimum atomic E-state index is -0.824. The van der Waals surface area contributed by atoms with Gasteiger partial charge < -0.3 is 19.5 Å². The molecule has 1 N–H and O–H groups in total. The molecule has 2 heterocycles. The number of fused-ring (bicyclic) bond motifs is 1. The molecule has 39 heavy (non-hydrogen) atoms. The van der Waals surface area contributed by atoms with Crippen LogP contribution in [-0.4, -0.2) is 77.6 Å². The smallest absolute Gasteiger partial charge is 0.326 e. The standard InChI is InChI=1S/C30H39N3O6/c1-4-5-12-32(25(19-29(35)36)23-7-9-27-24(18-23)11-15-38-27)20-22-6-8-26(21(2)17-22)39-16-14-33-28(34)10-13-31(3)30(33)37/h6-9,17-18,25H,4-5,10-16,19-20H2,1-3H3,(H,35,36). The van der Waals surface area contributed by atoms with Crippen molar-refractivity contribution in [3.8, 4) is 11.5 Å². The maximum absolute atomic E-state index is 12.3. The van der Waals surface area contributed by atoms with Crippen LogP contribution >= 0.6 is 0 Å². The fraction of sp³-hybridized carbons (Fsp3) is 0.500. The van der Waals surface area contributed by atoms with Crippen molar-refractivity contribution >= 4 is 17.9 Å². The number of amides is 3. The van der Waals surface area contributed by atoms with Crippen molar-refractivity contribution in [3.63, 3.8) is 0 Å². The van der Waals surface area contributed by atoms with E-state index in [-0.39, 0.29) is 37.6 Å². The fourth-order valence-corrected chi connectivity index (χ4v) is 5.22. The average molecular weight is 538 g/mol. The molecule has 9 heteroatoms. The quantitative estimate of drug-likeness (QED) is 0.404. The lowest BCUT2D eigenvalue weighted by Gasteiger charge is -2.32. The second-order valence-electron chi connectivity index (χ2n) is 10.4. The van der Waals surface area contributed by atoms with Crippen molar-refractivity contribution < 1.29 is 29.0 Å². The lowest BCUT2D eigenvalue weighted by molar-refractivity contribution is -0.138. The molecule has 4 rings (SSSR count).